The highest BCUT2D eigenvalue weighted by molar-refractivity contribution is 5.94. The van der Waals surface area contributed by atoms with Gasteiger partial charge in [0.1, 0.15) is 5.75 Å². The van der Waals surface area contributed by atoms with Gasteiger partial charge in [-0.15, -0.1) is 0 Å². The maximum absolute atomic E-state index is 12.5. The molecule has 8 heteroatoms. The maximum atomic E-state index is 12.5. The molecule has 1 aliphatic heterocycles. The second-order valence-corrected chi connectivity index (χ2v) is 6.19. The van der Waals surface area contributed by atoms with E-state index >= 15 is 0 Å². The Bertz CT molecular complexity index is 830. The molecule has 0 spiro atoms. The van der Waals surface area contributed by atoms with Crippen LogP contribution in [-0.4, -0.2) is 35.4 Å². The fraction of sp³-hybridized carbons (Fsp3) is 0.368. The van der Waals surface area contributed by atoms with Gasteiger partial charge >= 0.3 is 5.97 Å². The number of hydrogen-bond donors (Lipinski definition) is 0. The molecule has 1 aromatic heterocycles. The van der Waals surface area contributed by atoms with Crippen molar-refractivity contribution in [2.45, 2.75) is 37.8 Å². The number of benzene rings is 1. The Hall–Kier alpha value is -3.16. The monoisotopic (exact) mass is 373 g/mol. The van der Waals surface area contributed by atoms with E-state index in [0.29, 0.717) is 11.3 Å². The van der Waals surface area contributed by atoms with Gasteiger partial charge in [0.05, 0.1) is 25.2 Å². The summed E-state index contributed by atoms with van der Waals surface area (Å²) in [5, 5.41) is 11.8. The SMILES string of the molecule is CCOC(=O)C[C@@H]1Oc2ccccc2[C@@H](CC(=O)c2ccco2)[C@@H]1[N+](=O)[O-]. The van der Waals surface area contributed by atoms with Gasteiger partial charge in [0.15, 0.2) is 17.6 Å². The van der Waals surface area contributed by atoms with Gasteiger partial charge in [0, 0.05) is 16.9 Å². The van der Waals surface area contributed by atoms with E-state index in [-0.39, 0.29) is 31.0 Å². The second-order valence-electron chi connectivity index (χ2n) is 6.19. The van der Waals surface area contributed by atoms with Gasteiger partial charge in [-0.1, -0.05) is 18.2 Å². The third kappa shape index (κ3) is 3.99. The van der Waals surface area contributed by atoms with Crippen LogP contribution < -0.4 is 4.74 Å². The van der Waals surface area contributed by atoms with E-state index in [1.165, 1.54) is 12.3 Å². The molecule has 0 amide bonds. The van der Waals surface area contributed by atoms with Gasteiger partial charge in [0.25, 0.3) is 6.04 Å². The summed E-state index contributed by atoms with van der Waals surface area (Å²) in [7, 11) is 0. The van der Waals surface area contributed by atoms with Crippen LogP contribution in [0.5, 0.6) is 5.75 Å². The third-order valence-corrected chi connectivity index (χ3v) is 4.51. The van der Waals surface area contributed by atoms with Gasteiger partial charge in [-0.3, -0.25) is 19.7 Å². The van der Waals surface area contributed by atoms with Gasteiger partial charge in [-0.25, -0.2) is 0 Å². The highest BCUT2D eigenvalue weighted by Gasteiger charge is 2.48. The van der Waals surface area contributed by atoms with Crippen molar-refractivity contribution in [3.05, 3.63) is 64.1 Å². The summed E-state index contributed by atoms with van der Waals surface area (Å²) in [6.07, 6.45) is -0.0407. The molecule has 2 aromatic rings. The number of ether oxygens (including phenoxy) is 2. The van der Waals surface area contributed by atoms with Crippen LogP contribution in [0.25, 0.3) is 0 Å². The maximum Gasteiger partial charge on any atom is 0.309 e. The molecule has 0 unspecified atom stereocenters. The highest BCUT2D eigenvalue weighted by Crippen LogP contribution is 2.41. The first-order valence-corrected chi connectivity index (χ1v) is 8.62. The number of para-hydroxylation sites is 1. The van der Waals surface area contributed by atoms with E-state index in [0.717, 1.165) is 0 Å². The molecule has 27 heavy (non-hydrogen) atoms. The quantitative estimate of drug-likeness (QED) is 0.318. The van der Waals surface area contributed by atoms with E-state index in [4.69, 9.17) is 13.9 Å². The van der Waals surface area contributed by atoms with Gasteiger partial charge in [0.2, 0.25) is 0 Å². The summed E-state index contributed by atoms with van der Waals surface area (Å²) >= 11 is 0. The summed E-state index contributed by atoms with van der Waals surface area (Å²) < 4.78 is 15.8. The molecule has 142 valence electrons. The Kier molecular flexibility index (Phi) is 5.54. The molecule has 1 aromatic carbocycles. The zero-order valence-corrected chi connectivity index (χ0v) is 14.7. The average molecular weight is 373 g/mol. The summed E-state index contributed by atoms with van der Waals surface area (Å²) in [5.74, 6) is -1.10. The molecule has 0 bridgehead atoms. The topological polar surface area (TPSA) is 109 Å². The molecule has 2 heterocycles. The fourth-order valence-corrected chi connectivity index (χ4v) is 3.37. The Morgan fingerprint density at radius 1 is 1.19 bits per heavy atom. The largest absolute Gasteiger partial charge is 0.482 e. The van der Waals surface area contributed by atoms with Crippen LogP contribution in [0.1, 0.15) is 41.8 Å². The molecular formula is C19H19NO7. The van der Waals surface area contributed by atoms with E-state index in [2.05, 4.69) is 0 Å². The number of carbonyl (C=O) groups excluding carboxylic acids is 2. The number of hydrogen-bond acceptors (Lipinski definition) is 7. The first-order valence-electron chi connectivity index (χ1n) is 8.62. The van der Waals surface area contributed by atoms with Crippen molar-refractivity contribution in [3.8, 4) is 5.75 Å². The normalized spacial score (nSPS) is 21.0. The molecule has 8 nitrogen and oxygen atoms in total. The molecule has 1 aliphatic rings. The van der Waals surface area contributed by atoms with Crippen LogP contribution in [0.15, 0.2) is 47.1 Å². The minimum absolute atomic E-state index is 0.126. The number of ketones is 1. The van der Waals surface area contributed by atoms with Crippen LogP contribution >= 0.6 is 0 Å². The molecule has 0 saturated carbocycles. The zero-order valence-electron chi connectivity index (χ0n) is 14.7. The molecule has 0 radical (unpaired) electrons. The Morgan fingerprint density at radius 3 is 2.63 bits per heavy atom. The van der Waals surface area contributed by atoms with Crippen molar-refractivity contribution in [1.82, 2.24) is 0 Å². The van der Waals surface area contributed by atoms with Gasteiger partial charge in [-0.05, 0) is 25.1 Å². The average Bonchev–Trinajstić information content (AvgIpc) is 3.16. The summed E-state index contributed by atoms with van der Waals surface area (Å²) in [5.41, 5.74) is 0.569. The molecule has 3 rings (SSSR count). The van der Waals surface area contributed by atoms with Crippen molar-refractivity contribution in [1.29, 1.82) is 0 Å². The lowest BCUT2D eigenvalue weighted by molar-refractivity contribution is -0.538. The predicted molar refractivity (Wildman–Crippen MR) is 93.3 cm³/mol. The first-order chi connectivity index (χ1) is 13.0. The van der Waals surface area contributed by atoms with Crippen molar-refractivity contribution >= 4 is 11.8 Å². The van der Waals surface area contributed by atoms with Crippen molar-refractivity contribution in [2.75, 3.05) is 6.61 Å². The first kappa shape index (κ1) is 18.6. The Labute approximate surface area is 155 Å². The van der Waals surface area contributed by atoms with Gasteiger partial charge < -0.3 is 13.9 Å². The minimum atomic E-state index is -1.26. The number of fused-ring (bicyclic) bond motifs is 1. The second kappa shape index (κ2) is 8.03. The third-order valence-electron chi connectivity index (χ3n) is 4.51. The summed E-state index contributed by atoms with van der Waals surface area (Å²) in [6, 6.07) is 8.68. The van der Waals surface area contributed by atoms with Crippen molar-refractivity contribution in [3.63, 3.8) is 0 Å². The smallest absolute Gasteiger partial charge is 0.309 e. The van der Waals surface area contributed by atoms with E-state index < -0.39 is 29.0 Å². The molecule has 3 atom stereocenters. The lowest BCUT2D eigenvalue weighted by Crippen LogP contribution is -2.47. The molecule has 0 N–H and O–H groups in total. The van der Waals surface area contributed by atoms with E-state index in [9.17, 15) is 19.7 Å². The number of nitrogens with zero attached hydrogens (tertiary/aromatic N) is 1. The van der Waals surface area contributed by atoms with Crippen molar-refractivity contribution in [2.24, 2.45) is 0 Å². The predicted octanol–water partition coefficient (Wildman–Crippen LogP) is 3.00. The Morgan fingerprint density at radius 2 is 1.96 bits per heavy atom. The lowest BCUT2D eigenvalue weighted by atomic mass is 9.81. The van der Waals surface area contributed by atoms with E-state index in [1.807, 2.05) is 0 Å². The molecule has 0 saturated heterocycles. The minimum Gasteiger partial charge on any atom is -0.482 e. The number of carbonyl (C=O) groups is 2. The van der Waals surface area contributed by atoms with Gasteiger partial charge in [-0.2, -0.15) is 0 Å². The van der Waals surface area contributed by atoms with Crippen LogP contribution in [0, 0.1) is 10.1 Å². The zero-order chi connectivity index (χ0) is 19.4. The molecule has 0 fully saturated rings. The Balaban J connectivity index is 1.94. The number of esters is 1. The number of nitro groups is 1. The van der Waals surface area contributed by atoms with Crippen LogP contribution in [0.3, 0.4) is 0 Å². The van der Waals surface area contributed by atoms with Crippen LogP contribution in [0.2, 0.25) is 0 Å². The molecular weight excluding hydrogens is 354 g/mol. The lowest BCUT2D eigenvalue weighted by Gasteiger charge is -2.33. The summed E-state index contributed by atoms with van der Waals surface area (Å²) in [6.45, 7) is 1.83. The van der Waals surface area contributed by atoms with Crippen LogP contribution in [0.4, 0.5) is 0 Å². The summed E-state index contributed by atoms with van der Waals surface area (Å²) in [4.78, 5) is 35.8. The fourth-order valence-electron chi connectivity index (χ4n) is 3.37. The van der Waals surface area contributed by atoms with Crippen LogP contribution in [-0.2, 0) is 9.53 Å². The standard InChI is InChI=1S/C19H19NO7/c1-2-25-18(22)11-17-19(20(23)24)13(10-14(21)16-8-5-9-26-16)12-6-3-4-7-15(12)27-17/h3-9,13,17,19H,2,10-11H2,1H3/t13-,17+,19+/m1/s1. The highest BCUT2D eigenvalue weighted by atomic mass is 16.6. The number of furan rings is 1. The molecule has 0 aliphatic carbocycles. The number of rotatable bonds is 7. The van der Waals surface area contributed by atoms with Crippen molar-refractivity contribution < 1.29 is 28.4 Å². The van der Waals surface area contributed by atoms with E-state index in [1.54, 1.807) is 37.3 Å². The number of Topliss-reactive ketones (excluding diaryl/α,β-unsaturated/α-hetero) is 1.